The minimum Gasteiger partial charge on any atom is -0.468 e. The van der Waals surface area contributed by atoms with E-state index in [1.165, 1.54) is 31.4 Å². The minimum atomic E-state index is 0.526. The Morgan fingerprint density at radius 1 is 1.44 bits per heavy atom. The van der Waals surface area contributed by atoms with E-state index in [1.54, 1.807) is 0 Å². The van der Waals surface area contributed by atoms with Crippen LogP contribution in [0.4, 0.5) is 0 Å². The van der Waals surface area contributed by atoms with Crippen molar-refractivity contribution < 1.29 is 4.42 Å². The highest BCUT2D eigenvalue weighted by Gasteiger charge is 2.37. The second-order valence-electron chi connectivity index (χ2n) is 6.22. The molecule has 1 aromatic heterocycles. The number of rotatable bonds is 5. The van der Waals surface area contributed by atoms with E-state index in [0.29, 0.717) is 6.04 Å². The number of likely N-dealkylation sites (tertiary alicyclic amines) is 1. The van der Waals surface area contributed by atoms with Gasteiger partial charge in [-0.1, -0.05) is 13.8 Å². The van der Waals surface area contributed by atoms with E-state index in [1.807, 2.05) is 6.26 Å². The van der Waals surface area contributed by atoms with Crippen molar-refractivity contribution >= 4 is 0 Å². The first-order chi connectivity index (χ1) is 8.70. The molecule has 0 spiro atoms. The largest absolute Gasteiger partial charge is 0.468 e. The monoisotopic (exact) mass is 248 g/mol. The Bertz CT molecular complexity index is 399. The van der Waals surface area contributed by atoms with Gasteiger partial charge in [0.05, 0.1) is 12.8 Å². The highest BCUT2D eigenvalue weighted by molar-refractivity contribution is 5.13. The van der Waals surface area contributed by atoms with E-state index in [9.17, 15) is 0 Å². The minimum absolute atomic E-state index is 0.526. The first-order valence-electron chi connectivity index (χ1n) is 7.24. The summed E-state index contributed by atoms with van der Waals surface area (Å²) in [5.74, 6) is 2.09. The molecule has 0 radical (unpaired) electrons. The Labute approximate surface area is 110 Å². The van der Waals surface area contributed by atoms with E-state index in [2.05, 4.69) is 30.1 Å². The molecule has 3 heteroatoms. The van der Waals surface area contributed by atoms with Crippen LogP contribution in [-0.2, 0) is 13.1 Å². The van der Waals surface area contributed by atoms with Gasteiger partial charge in [-0.15, -0.1) is 0 Å². The number of fused-ring (bicyclic) bond motifs is 2. The van der Waals surface area contributed by atoms with E-state index in [-0.39, 0.29) is 0 Å². The summed E-state index contributed by atoms with van der Waals surface area (Å²) < 4.78 is 5.68. The lowest BCUT2D eigenvalue weighted by Crippen LogP contribution is -2.31. The molecule has 1 aliphatic heterocycles. The Morgan fingerprint density at radius 2 is 2.33 bits per heavy atom. The van der Waals surface area contributed by atoms with Crippen LogP contribution in [0.2, 0.25) is 0 Å². The van der Waals surface area contributed by atoms with Gasteiger partial charge in [0.1, 0.15) is 5.76 Å². The summed E-state index contributed by atoms with van der Waals surface area (Å²) >= 11 is 0. The maximum atomic E-state index is 5.68. The second kappa shape index (κ2) is 5.06. The maximum Gasteiger partial charge on any atom is 0.118 e. The van der Waals surface area contributed by atoms with Crippen LogP contribution in [-0.4, -0.2) is 23.5 Å². The molecule has 3 rings (SSSR count). The van der Waals surface area contributed by atoms with Crippen molar-refractivity contribution in [3.8, 4) is 0 Å². The number of hydrogen-bond donors (Lipinski definition) is 1. The van der Waals surface area contributed by atoms with Crippen LogP contribution in [0.15, 0.2) is 16.7 Å². The van der Waals surface area contributed by atoms with E-state index < -0.39 is 0 Å². The lowest BCUT2D eigenvalue weighted by molar-refractivity contribution is 0.190. The van der Waals surface area contributed by atoms with Gasteiger partial charge >= 0.3 is 0 Å². The third-order valence-electron chi connectivity index (χ3n) is 4.30. The van der Waals surface area contributed by atoms with Crippen molar-refractivity contribution in [3.63, 3.8) is 0 Å². The Kier molecular flexibility index (Phi) is 3.44. The van der Waals surface area contributed by atoms with Gasteiger partial charge in [0.2, 0.25) is 0 Å². The second-order valence-corrected chi connectivity index (χ2v) is 6.22. The highest BCUT2D eigenvalue weighted by Crippen LogP contribution is 2.38. The quantitative estimate of drug-likeness (QED) is 0.868. The number of nitrogens with one attached hydrogen (secondary N) is 1. The Hall–Kier alpha value is -0.800. The average Bonchev–Trinajstić information content (AvgIpc) is 3.02. The van der Waals surface area contributed by atoms with Crippen LogP contribution < -0.4 is 5.32 Å². The van der Waals surface area contributed by atoms with Gasteiger partial charge in [-0.25, -0.2) is 0 Å². The molecule has 1 N–H and O–H groups in total. The van der Waals surface area contributed by atoms with Crippen LogP contribution in [0.5, 0.6) is 0 Å². The predicted octanol–water partition coefficient (Wildman–Crippen LogP) is 2.76. The molecule has 2 atom stereocenters. The van der Waals surface area contributed by atoms with Crippen molar-refractivity contribution in [2.75, 3.05) is 6.54 Å². The van der Waals surface area contributed by atoms with Gasteiger partial charge in [-0.3, -0.25) is 4.90 Å². The molecule has 2 fully saturated rings. The highest BCUT2D eigenvalue weighted by atomic mass is 16.3. The molecule has 18 heavy (non-hydrogen) atoms. The number of hydrogen-bond acceptors (Lipinski definition) is 3. The van der Waals surface area contributed by atoms with Crippen LogP contribution >= 0.6 is 0 Å². The molecule has 1 aromatic rings. The summed E-state index contributed by atoms with van der Waals surface area (Å²) in [7, 11) is 0. The van der Waals surface area contributed by atoms with Crippen LogP contribution in [0.25, 0.3) is 0 Å². The summed E-state index contributed by atoms with van der Waals surface area (Å²) in [5, 5.41) is 3.42. The van der Waals surface area contributed by atoms with Crippen molar-refractivity contribution in [3.05, 3.63) is 23.7 Å². The van der Waals surface area contributed by atoms with Crippen molar-refractivity contribution in [1.82, 2.24) is 10.2 Å². The molecule has 3 nitrogen and oxygen atoms in total. The standard InChI is InChI=1S/C15H24N2O/c1-11(2)16-7-13-6-15(18-10-13)9-17-8-12-3-4-14(17)5-12/h6,10-12,14,16H,3-5,7-9H2,1-2H3. The summed E-state index contributed by atoms with van der Waals surface area (Å²) in [6.45, 7) is 7.53. The van der Waals surface area contributed by atoms with Gasteiger partial charge in [-0.05, 0) is 31.2 Å². The Balaban J connectivity index is 1.54. The summed E-state index contributed by atoms with van der Waals surface area (Å²) in [6.07, 6.45) is 6.16. The zero-order valence-electron chi connectivity index (χ0n) is 11.5. The van der Waals surface area contributed by atoms with E-state index >= 15 is 0 Å². The van der Waals surface area contributed by atoms with E-state index in [0.717, 1.165) is 30.8 Å². The zero-order chi connectivity index (χ0) is 12.5. The van der Waals surface area contributed by atoms with Crippen LogP contribution in [0, 0.1) is 5.92 Å². The SMILES string of the molecule is CC(C)NCc1coc(CN2CC3CCC2C3)c1. The molecule has 1 saturated heterocycles. The molecule has 2 bridgehead atoms. The molecule has 0 aromatic carbocycles. The summed E-state index contributed by atoms with van der Waals surface area (Å²) in [5.41, 5.74) is 1.27. The van der Waals surface area contributed by atoms with Crippen LogP contribution in [0.3, 0.4) is 0 Å². The van der Waals surface area contributed by atoms with Crippen molar-refractivity contribution in [1.29, 1.82) is 0 Å². The molecular formula is C15H24N2O. The summed E-state index contributed by atoms with van der Waals surface area (Å²) in [4.78, 5) is 2.60. The maximum absolute atomic E-state index is 5.68. The van der Waals surface area contributed by atoms with Crippen molar-refractivity contribution in [2.24, 2.45) is 5.92 Å². The fourth-order valence-electron chi connectivity index (χ4n) is 3.34. The molecule has 1 saturated carbocycles. The molecule has 2 aliphatic rings. The van der Waals surface area contributed by atoms with Crippen molar-refractivity contribution in [2.45, 2.75) is 58.3 Å². The third-order valence-corrected chi connectivity index (χ3v) is 4.30. The summed E-state index contributed by atoms with van der Waals surface area (Å²) in [6, 6.07) is 3.57. The van der Waals surface area contributed by atoms with E-state index in [4.69, 9.17) is 4.42 Å². The lowest BCUT2D eigenvalue weighted by atomic mass is 10.1. The fourth-order valence-corrected chi connectivity index (χ4v) is 3.34. The number of piperidine rings is 1. The lowest BCUT2D eigenvalue weighted by Gasteiger charge is -2.25. The molecule has 1 aliphatic carbocycles. The Morgan fingerprint density at radius 3 is 3.00 bits per heavy atom. The molecule has 0 amide bonds. The third kappa shape index (κ3) is 2.62. The molecule has 2 unspecified atom stereocenters. The van der Waals surface area contributed by atoms with Gasteiger partial charge < -0.3 is 9.73 Å². The number of furan rings is 1. The number of nitrogens with zero attached hydrogens (tertiary/aromatic N) is 1. The topological polar surface area (TPSA) is 28.4 Å². The molecule has 100 valence electrons. The predicted molar refractivity (Wildman–Crippen MR) is 72.2 cm³/mol. The molecule has 2 heterocycles. The van der Waals surface area contributed by atoms with Crippen LogP contribution in [0.1, 0.15) is 44.4 Å². The normalized spacial score (nSPS) is 27.5. The van der Waals surface area contributed by atoms with Gasteiger partial charge in [0, 0.05) is 30.7 Å². The zero-order valence-corrected chi connectivity index (χ0v) is 11.5. The molecular weight excluding hydrogens is 224 g/mol. The van der Waals surface area contributed by atoms with Gasteiger partial charge in [0.15, 0.2) is 0 Å². The fraction of sp³-hybridized carbons (Fsp3) is 0.733. The van der Waals surface area contributed by atoms with Gasteiger partial charge in [0.25, 0.3) is 0 Å². The smallest absolute Gasteiger partial charge is 0.118 e. The van der Waals surface area contributed by atoms with Gasteiger partial charge in [-0.2, -0.15) is 0 Å². The first-order valence-corrected chi connectivity index (χ1v) is 7.24. The average molecular weight is 248 g/mol. The first kappa shape index (κ1) is 12.2.